The number of hydrogen-bond donors (Lipinski definition) is 0. The van der Waals surface area contributed by atoms with Gasteiger partial charge < -0.3 is 4.90 Å². The number of carbonyl (C=O) groups excluding carboxylic acids is 1. The van der Waals surface area contributed by atoms with E-state index in [2.05, 4.69) is 0 Å². The van der Waals surface area contributed by atoms with Crippen molar-refractivity contribution in [3.05, 3.63) is 0 Å². The summed E-state index contributed by atoms with van der Waals surface area (Å²) in [6.07, 6.45) is -13.2. The van der Waals surface area contributed by atoms with E-state index in [-0.39, 0.29) is 4.90 Å². The summed E-state index contributed by atoms with van der Waals surface area (Å²) in [6.45, 7) is 0.953. The smallest absolute Gasteiger partial charge is 0.343 e. The van der Waals surface area contributed by atoms with E-state index in [1.807, 2.05) is 0 Å². The van der Waals surface area contributed by atoms with Crippen molar-refractivity contribution in [3.63, 3.8) is 0 Å². The summed E-state index contributed by atoms with van der Waals surface area (Å²) >= 11 is 0. The molecule has 0 N–H and O–H groups in total. The molecule has 0 fully saturated rings. The van der Waals surface area contributed by atoms with E-state index in [0.717, 1.165) is 13.8 Å². The summed E-state index contributed by atoms with van der Waals surface area (Å²) in [5, 5.41) is 0. The minimum Gasteiger partial charge on any atom is -0.343 e. The summed E-state index contributed by atoms with van der Waals surface area (Å²) in [4.78, 5) is 11.5. The van der Waals surface area contributed by atoms with E-state index in [9.17, 15) is 48.7 Å². The van der Waals surface area contributed by atoms with Crippen LogP contribution in [0.3, 0.4) is 0 Å². The maximum atomic E-state index is 13.3. The first kappa shape index (κ1) is 20.8. The molecule has 0 saturated heterocycles. The first-order valence-corrected chi connectivity index (χ1v) is 5.73. The molecule has 0 aromatic carbocycles. The highest BCUT2D eigenvalue weighted by molar-refractivity contribution is 5.81. The van der Waals surface area contributed by atoms with E-state index < -0.39 is 49.1 Å². The lowest BCUT2D eigenvalue weighted by Gasteiger charge is -2.36. The molecule has 1 unspecified atom stereocenters. The number of rotatable bonds is 5. The Labute approximate surface area is 118 Å². The molecule has 0 saturated carbocycles. The number of carbonyl (C=O) groups is 1. The standard InChI is InChI=1S/C10H11F10NO/c1-3-21(4-2)6(22)5(8(13,14)15)7(11,12)9(16,17)10(18,19)20/h5H,3-4H2,1-2H3. The van der Waals surface area contributed by atoms with Gasteiger partial charge in [-0.1, -0.05) is 0 Å². The van der Waals surface area contributed by atoms with Crippen molar-refractivity contribution >= 4 is 5.91 Å². The number of alkyl halides is 10. The van der Waals surface area contributed by atoms with Gasteiger partial charge >= 0.3 is 24.2 Å². The third-order valence-corrected chi connectivity index (χ3v) is 2.79. The molecule has 0 rings (SSSR count). The van der Waals surface area contributed by atoms with Gasteiger partial charge in [0, 0.05) is 13.1 Å². The number of amides is 1. The third kappa shape index (κ3) is 3.57. The lowest BCUT2D eigenvalue weighted by Crippen LogP contribution is -2.62. The molecule has 0 spiro atoms. The van der Waals surface area contributed by atoms with Crippen molar-refractivity contribution in [2.24, 2.45) is 5.92 Å². The quantitative estimate of drug-likeness (QED) is 0.689. The van der Waals surface area contributed by atoms with Gasteiger partial charge in [0.05, 0.1) is 0 Å². The van der Waals surface area contributed by atoms with Crippen molar-refractivity contribution in [2.75, 3.05) is 13.1 Å². The van der Waals surface area contributed by atoms with Gasteiger partial charge in [0.2, 0.25) is 11.8 Å². The molecule has 0 aromatic heterocycles. The average molecular weight is 351 g/mol. The Morgan fingerprint density at radius 3 is 1.45 bits per heavy atom. The third-order valence-electron chi connectivity index (χ3n) is 2.79. The van der Waals surface area contributed by atoms with Crippen molar-refractivity contribution < 1.29 is 48.7 Å². The molecular weight excluding hydrogens is 340 g/mol. The zero-order chi connectivity index (χ0) is 18.1. The van der Waals surface area contributed by atoms with E-state index in [4.69, 9.17) is 0 Å². The lowest BCUT2D eigenvalue weighted by molar-refractivity contribution is -0.381. The van der Waals surface area contributed by atoms with Gasteiger partial charge in [-0.15, -0.1) is 0 Å². The minimum absolute atomic E-state index is 0.0958. The fraction of sp³-hybridized carbons (Fsp3) is 0.900. The number of nitrogens with zero attached hydrogens (tertiary/aromatic N) is 1. The molecule has 1 amide bonds. The van der Waals surface area contributed by atoms with Crippen LogP contribution in [0.2, 0.25) is 0 Å². The molecule has 2 nitrogen and oxygen atoms in total. The summed E-state index contributed by atoms with van der Waals surface area (Å²) in [7, 11) is 0. The largest absolute Gasteiger partial charge is 0.459 e. The molecule has 0 radical (unpaired) electrons. The molecule has 0 aliphatic heterocycles. The highest BCUT2D eigenvalue weighted by Gasteiger charge is 2.80. The van der Waals surface area contributed by atoms with Crippen LogP contribution in [-0.2, 0) is 4.79 Å². The van der Waals surface area contributed by atoms with Crippen molar-refractivity contribution in [3.8, 4) is 0 Å². The van der Waals surface area contributed by atoms with Gasteiger partial charge in [0.1, 0.15) is 0 Å². The maximum Gasteiger partial charge on any atom is 0.459 e. The van der Waals surface area contributed by atoms with Crippen LogP contribution in [0.5, 0.6) is 0 Å². The fourth-order valence-electron chi connectivity index (χ4n) is 1.59. The maximum absolute atomic E-state index is 13.3. The molecule has 0 aliphatic rings. The van der Waals surface area contributed by atoms with E-state index in [0.29, 0.717) is 0 Å². The zero-order valence-electron chi connectivity index (χ0n) is 11.1. The molecule has 0 aromatic rings. The molecule has 0 heterocycles. The summed E-state index contributed by atoms with van der Waals surface area (Å²) < 4.78 is 126. The second kappa shape index (κ2) is 6.11. The Bertz CT molecular complexity index is 395. The molecule has 0 aliphatic carbocycles. The first-order chi connectivity index (χ1) is 9.55. The SMILES string of the molecule is CCN(CC)C(=O)C(C(F)(F)F)C(F)(F)C(F)(F)C(F)(F)F. The van der Waals surface area contributed by atoms with Crippen LogP contribution in [0.1, 0.15) is 13.8 Å². The topological polar surface area (TPSA) is 20.3 Å². The van der Waals surface area contributed by atoms with Crippen LogP contribution >= 0.6 is 0 Å². The molecule has 1 atom stereocenters. The van der Waals surface area contributed by atoms with E-state index in [1.165, 1.54) is 0 Å². The van der Waals surface area contributed by atoms with Crippen LogP contribution in [0.15, 0.2) is 0 Å². The Morgan fingerprint density at radius 2 is 1.23 bits per heavy atom. The second-order valence-electron chi connectivity index (χ2n) is 4.18. The van der Waals surface area contributed by atoms with Crippen LogP contribution < -0.4 is 0 Å². The van der Waals surface area contributed by atoms with Crippen molar-refractivity contribution in [1.82, 2.24) is 4.90 Å². The predicted octanol–water partition coefficient (Wildman–Crippen LogP) is 3.87. The Balaban J connectivity index is 6.08. The van der Waals surface area contributed by atoms with Crippen LogP contribution in [0, 0.1) is 5.92 Å². The van der Waals surface area contributed by atoms with Crippen molar-refractivity contribution in [1.29, 1.82) is 0 Å². The minimum atomic E-state index is -7.02. The van der Waals surface area contributed by atoms with Gasteiger partial charge in [0.25, 0.3) is 0 Å². The predicted molar refractivity (Wildman–Crippen MR) is 53.4 cm³/mol. The van der Waals surface area contributed by atoms with Crippen LogP contribution in [0.25, 0.3) is 0 Å². The van der Waals surface area contributed by atoms with Gasteiger partial charge in [-0.05, 0) is 13.8 Å². The summed E-state index contributed by atoms with van der Waals surface area (Å²) in [5.41, 5.74) is 0. The van der Waals surface area contributed by atoms with Gasteiger partial charge in [-0.3, -0.25) is 4.79 Å². The van der Waals surface area contributed by atoms with E-state index in [1.54, 1.807) is 0 Å². The highest BCUT2D eigenvalue weighted by atomic mass is 19.4. The monoisotopic (exact) mass is 351 g/mol. The molecular formula is C10H11F10NO. The average Bonchev–Trinajstić information content (AvgIpc) is 2.26. The molecule has 0 bridgehead atoms. The second-order valence-corrected chi connectivity index (χ2v) is 4.18. The fourth-order valence-corrected chi connectivity index (χ4v) is 1.59. The van der Waals surface area contributed by atoms with Gasteiger partial charge in [0.15, 0.2) is 0 Å². The Hall–Kier alpha value is -1.23. The van der Waals surface area contributed by atoms with Gasteiger partial charge in [-0.25, -0.2) is 0 Å². The Morgan fingerprint density at radius 1 is 0.864 bits per heavy atom. The highest BCUT2D eigenvalue weighted by Crippen LogP contribution is 2.53. The molecule has 132 valence electrons. The number of halogens is 10. The van der Waals surface area contributed by atoms with Crippen molar-refractivity contribution in [2.45, 2.75) is 38.0 Å². The first-order valence-electron chi connectivity index (χ1n) is 5.73. The summed E-state index contributed by atoms with van der Waals surface area (Å²) in [6, 6.07) is 0. The van der Waals surface area contributed by atoms with E-state index >= 15 is 0 Å². The normalized spacial score (nSPS) is 15.6. The van der Waals surface area contributed by atoms with Crippen LogP contribution in [0.4, 0.5) is 43.9 Å². The van der Waals surface area contributed by atoms with Crippen LogP contribution in [-0.4, -0.2) is 48.1 Å². The Kier molecular flexibility index (Phi) is 5.77. The summed E-state index contributed by atoms with van der Waals surface area (Å²) in [5.74, 6) is -21.1. The molecule has 12 heteroatoms. The van der Waals surface area contributed by atoms with Gasteiger partial charge in [-0.2, -0.15) is 43.9 Å². The number of hydrogen-bond acceptors (Lipinski definition) is 1. The molecule has 22 heavy (non-hydrogen) atoms. The lowest BCUT2D eigenvalue weighted by atomic mass is 9.93. The zero-order valence-corrected chi connectivity index (χ0v) is 11.1.